The van der Waals surface area contributed by atoms with Crippen molar-refractivity contribution in [2.24, 2.45) is 0 Å². The fourth-order valence-corrected chi connectivity index (χ4v) is 1.72. The van der Waals surface area contributed by atoms with Crippen molar-refractivity contribution >= 4 is 11.4 Å². The van der Waals surface area contributed by atoms with E-state index >= 15 is 0 Å². The molecule has 0 bridgehead atoms. The first kappa shape index (κ1) is 13.7. The van der Waals surface area contributed by atoms with E-state index in [0.29, 0.717) is 13.0 Å². The molecule has 3 nitrogen and oxygen atoms in total. The first-order valence-electron chi connectivity index (χ1n) is 5.60. The molecule has 1 aromatic rings. The quantitative estimate of drug-likeness (QED) is 0.780. The highest BCUT2D eigenvalue weighted by Crippen LogP contribution is 2.30. The highest BCUT2D eigenvalue weighted by molar-refractivity contribution is 5.68. The molecule has 17 heavy (non-hydrogen) atoms. The Balaban J connectivity index is 3.13. The summed E-state index contributed by atoms with van der Waals surface area (Å²) < 4.78 is 26.9. The molecular weight excluding hydrogens is 226 g/mol. The van der Waals surface area contributed by atoms with Crippen molar-refractivity contribution < 1.29 is 13.9 Å². The van der Waals surface area contributed by atoms with Crippen molar-refractivity contribution in [1.29, 1.82) is 0 Å². The zero-order valence-electron chi connectivity index (χ0n) is 10.1. The van der Waals surface area contributed by atoms with Crippen LogP contribution in [0.15, 0.2) is 12.1 Å². The molecule has 3 N–H and O–H groups in total. The number of nitrogens with zero attached hydrogens (tertiary/aromatic N) is 1. The molecule has 0 saturated carbocycles. The lowest BCUT2D eigenvalue weighted by atomic mass is 10.2. The van der Waals surface area contributed by atoms with Crippen LogP contribution >= 0.6 is 0 Å². The van der Waals surface area contributed by atoms with Gasteiger partial charge in [0, 0.05) is 19.2 Å². The van der Waals surface area contributed by atoms with Crippen LogP contribution in [0.3, 0.4) is 0 Å². The van der Waals surface area contributed by atoms with E-state index in [0.717, 1.165) is 6.07 Å². The maximum Gasteiger partial charge on any atom is 0.184 e. The standard InChI is InChI=1S/C12H18F2N2O/c1-8(2)16(6-3-7-17)12-10(15)5-4-9(13)11(12)14/h4-5,8,17H,3,6-7,15H2,1-2H3. The molecule has 5 heteroatoms. The summed E-state index contributed by atoms with van der Waals surface area (Å²) in [5.41, 5.74) is 5.97. The summed E-state index contributed by atoms with van der Waals surface area (Å²) in [5, 5.41) is 8.81. The van der Waals surface area contributed by atoms with Gasteiger partial charge in [-0.2, -0.15) is 0 Å². The van der Waals surface area contributed by atoms with E-state index in [1.165, 1.54) is 6.07 Å². The summed E-state index contributed by atoms with van der Waals surface area (Å²) in [4.78, 5) is 1.66. The Bertz CT molecular complexity index is 383. The van der Waals surface area contributed by atoms with Gasteiger partial charge in [0.1, 0.15) is 0 Å². The van der Waals surface area contributed by atoms with E-state index in [4.69, 9.17) is 10.8 Å². The first-order chi connectivity index (χ1) is 7.99. The van der Waals surface area contributed by atoms with E-state index < -0.39 is 11.6 Å². The highest BCUT2D eigenvalue weighted by atomic mass is 19.2. The minimum atomic E-state index is -0.934. The number of nitrogens with two attached hydrogens (primary N) is 1. The Labute approximate surface area is 99.8 Å². The normalized spacial score (nSPS) is 10.9. The molecule has 0 aliphatic carbocycles. The molecule has 0 heterocycles. The van der Waals surface area contributed by atoms with Gasteiger partial charge in [0.2, 0.25) is 0 Å². The zero-order chi connectivity index (χ0) is 13.0. The second kappa shape index (κ2) is 5.82. The maximum atomic E-state index is 13.7. The highest BCUT2D eigenvalue weighted by Gasteiger charge is 2.20. The summed E-state index contributed by atoms with van der Waals surface area (Å²) in [7, 11) is 0. The summed E-state index contributed by atoms with van der Waals surface area (Å²) in [6.07, 6.45) is 0.480. The number of halogens is 2. The maximum absolute atomic E-state index is 13.7. The van der Waals surface area contributed by atoms with Gasteiger partial charge in [0.25, 0.3) is 0 Å². The van der Waals surface area contributed by atoms with Crippen LogP contribution in [0.5, 0.6) is 0 Å². The lowest BCUT2D eigenvalue weighted by Crippen LogP contribution is -2.33. The van der Waals surface area contributed by atoms with Crippen molar-refractivity contribution in [1.82, 2.24) is 0 Å². The monoisotopic (exact) mass is 244 g/mol. The molecule has 0 amide bonds. The van der Waals surface area contributed by atoms with Crippen molar-refractivity contribution in [3.8, 4) is 0 Å². The number of anilines is 2. The number of aliphatic hydroxyl groups is 1. The Morgan fingerprint density at radius 2 is 2.00 bits per heavy atom. The van der Waals surface area contributed by atoms with E-state index in [1.54, 1.807) is 4.90 Å². The molecule has 0 atom stereocenters. The summed E-state index contributed by atoms with van der Waals surface area (Å²) in [6.45, 7) is 4.15. The SMILES string of the molecule is CC(C)N(CCCO)c1c(N)ccc(F)c1F. The third kappa shape index (κ3) is 3.06. The van der Waals surface area contributed by atoms with Crippen molar-refractivity contribution in [2.45, 2.75) is 26.3 Å². The molecule has 0 fully saturated rings. The van der Waals surface area contributed by atoms with Gasteiger partial charge in [0.15, 0.2) is 11.6 Å². The third-order valence-corrected chi connectivity index (χ3v) is 2.57. The van der Waals surface area contributed by atoms with Crippen LogP contribution in [0.1, 0.15) is 20.3 Å². The molecule has 0 unspecified atom stereocenters. The number of nitrogen functional groups attached to an aromatic ring is 1. The van der Waals surface area contributed by atoms with Gasteiger partial charge in [-0.25, -0.2) is 8.78 Å². The number of hydrogen-bond acceptors (Lipinski definition) is 3. The largest absolute Gasteiger partial charge is 0.397 e. The smallest absolute Gasteiger partial charge is 0.184 e. The Morgan fingerprint density at radius 3 is 2.53 bits per heavy atom. The summed E-state index contributed by atoms with van der Waals surface area (Å²) in [6, 6.07) is 2.33. The fourth-order valence-electron chi connectivity index (χ4n) is 1.72. The number of rotatable bonds is 5. The van der Waals surface area contributed by atoms with Gasteiger partial charge in [-0.1, -0.05) is 0 Å². The second-order valence-corrected chi connectivity index (χ2v) is 4.16. The lowest BCUT2D eigenvalue weighted by molar-refractivity contribution is 0.288. The summed E-state index contributed by atoms with van der Waals surface area (Å²) in [5.74, 6) is -1.85. The van der Waals surface area contributed by atoms with Gasteiger partial charge in [-0.15, -0.1) is 0 Å². The van der Waals surface area contributed by atoms with E-state index in [-0.39, 0.29) is 24.0 Å². The Kier molecular flexibility index (Phi) is 4.69. The van der Waals surface area contributed by atoms with Gasteiger partial charge in [0.05, 0.1) is 11.4 Å². The molecule has 96 valence electrons. The molecule has 0 aromatic heterocycles. The van der Waals surface area contributed by atoms with Gasteiger partial charge < -0.3 is 15.7 Å². The average molecular weight is 244 g/mol. The number of hydrogen-bond donors (Lipinski definition) is 2. The molecule has 1 rings (SSSR count). The van der Waals surface area contributed by atoms with Crippen LogP contribution in [-0.2, 0) is 0 Å². The number of aliphatic hydroxyl groups excluding tert-OH is 1. The third-order valence-electron chi connectivity index (χ3n) is 2.57. The van der Waals surface area contributed by atoms with E-state index in [1.807, 2.05) is 13.8 Å². The topological polar surface area (TPSA) is 49.5 Å². The molecule has 0 aliphatic rings. The van der Waals surface area contributed by atoms with Crippen LogP contribution in [0.2, 0.25) is 0 Å². The van der Waals surface area contributed by atoms with E-state index in [2.05, 4.69) is 0 Å². The van der Waals surface area contributed by atoms with Crippen LogP contribution in [-0.4, -0.2) is 24.3 Å². The summed E-state index contributed by atoms with van der Waals surface area (Å²) >= 11 is 0. The van der Waals surface area contributed by atoms with Gasteiger partial charge in [-0.05, 0) is 32.4 Å². The number of benzene rings is 1. The lowest BCUT2D eigenvalue weighted by Gasteiger charge is -2.30. The van der Waals surface area contributed by atoms with Gasteiger partial charge >= 0.3 is 0 Å². The molecule has 0 saturated heterocycles. The molecule has 0 radical (unpaired) electrons. The van der Waals surface area contributed by atoms with Crippen LogP contribution in [0, 0.1) is 11.6 Å². The second-order valence-electron chi connectivity index (χ2n) is 4.16. The Morgan fingerprint density at radius 1 is 1.35 bits per heavy atom. The van der Waals surface area contributed by atoms with E-state index in [9.17, 15) is 8.78 Å². The molecule has 0 spiro atoms. The first-order valence-corrected chi connectivity index (χ1v) is 5.60. The van der Waals surface area contributed by atoms with Crippen molar-refractivity contribution in [3.05, 3.63) is 23.8 Å². The van der Waals surface area contributed by atoms with Crippen molar-refractivity contribution in [3.63, 3.8) is 0 Å². The molecule has 1 aromatic carbocycles. The zero-order valence-corrected chi connectivity index (χ0v) is 10.1. The molecule has 0 aliphatic heterocycles. The van der Waals surface area contributed by atoms with Crippen LogP contribution < -0.4 is 10.6 Å². The van der Waals surface area contributed by atoms with Gasteiger partial charge in [-0.3, -0.25) is 0 Å². The van der Waals surface area contributed by atoms with Crippen LogP contribution in [0.4, 0.5) is 20.2 Å². The average Bonchev–Trinajstić information content (AvgIpc) is 2.28. The van der Waals surface area contributed by atoms with Crippen LogP contribution in [0.25, 0.3) is 0 Å². The fraction of sp³-hybridized carbons (Fsp3) is 0.500. The predicted octanol–water partition coefficient (Wildman–Crippen LogP) is 2.14. The molecular formula is C12H18F2N2O. The minimum absolute atomic E-state index is 0.0000591. The predicted molar refractivity (Wildman–Crippen MR) is 65.0 cm³/mol. The minimum Gasteiger partial charge on any atom is -0.397 e. The van der Waals surface area contributed by atoms with Crippen molar-refractivity contribution in [2.75, 3.05) is 23.8 Å². The Hall–Kier alpha value is -1.36.